The van der Waals surface area contributed by atoms with Crippen molar-refractivity contribution in [2.75, 3.05) is 5.32 Å². The SMILES string of the molecule is O=C([O-])Cc1ccc(NC(=O)C2CC2)cc1. The summed E-state index contributed by atoms with van der Waals surface area (Å²) in [5, 5.41) is 13.1. The molecule has 0 heterocycles. The van der Waals surface area contributed by atoms with E-state index in [2.05, 4.69) is 5.32 Å². The number of benzene rings is 1. The molecule has 0 unspecified atom stereocenters. The molecule has 0 bridgehead atoms. The van der Waals surface area contributed by atoms with Gasteiger partial charge < -0.3 is 15.2 Å². The second-order valence-corrected chi connectivity index (χ2v) is 4.01. The summed E-state index contributed by atoms with van der Waals surface area (Å²) in [7, 11) is 0. The average molecular weight is 218 g/mol. The van der Waals surface area contributed by atoms with Crippen molar-refractivity contribution in [3.8, 4) is 0 Å². The van der Waals surface area contributed by atoms with E-state index in [1.807, 2.05) is 0 Å². The molecule has 1 aliphatic carbocycles. The zero-order valence-corrected chi connectivity index (χ0v) is 8.73. The van der Waals surface area contributed by atoms with E-state index in [9.17, 15) is 14.7 Å². The maximum absolute atomic E-state index is 11.4. The van der Waals surface area contributed by atoms with Gasteiger partial charge in [-0.15, -0.1) is 0 Å². The van der Waals surface area contributed by atoms with Gasteiger partial charge in [0.05, 0.1) is 0 Å². The standard InChI is InChI=1S/C12H13NO3/c14-11(15)7-8-1-5-10(6-2-8)13-12(16)9-3-4-9/h1-2,5-6,9H,3-4,7H2,(H,13,16)(H,14,15)/p-1. The number of anilines is 1. The Morgan fingerprint density at radius 1 is 1.25 bits per heavy atom. The minimum Gasteiger partial charge on any atom is -0.550 e. The number of hydrogen-bond acceptors (Lipinski definition) is 3. The molecule has 1 saturated carbocycles. The maximum Gasteiger partial charge on any atom is 0.227 e. The summed E-state index contributed by atoms with van der Waals surface area (Å²) in [5.74, 6) is -0.884. The van der Waals surface area contributed by atoms with Gasteiger partial charge in [-0.3, -0.25) is 4.79 Å². The van der Waals surface area contributed by atoms with Crippen LogP contribution < -0.4 is 10.4 Å². The van der Waals surface area contributed by atoms with Gasteiger partial charge in [0, 0.05) is 24.0 Å². The predicted octanol–water partition coefficient (Wildman–Crippen LogP) is 0.327. The molecular weight excluding hydrogens is 206 g/mol. The van der Waals surface area contributed by atoms with Crippen LogP contribution in [-0.2, 0) is 16.0 Å². The van der Waals surface area contributed by atoms with Crippen LogP contribution in [0.3, 0.4) is 0 Å². The number of carboxylic acid groups (broad SMARTS) is 1. The zero-order chi connectivity index (χ0) is 11.5. The van der Waals surface area contributed by atoms with E-state index < -0.39 is 5.97 Å². The molecule has 0 saturated heterocycles. The molecule has 16 heavy (non-hydrogen) atoms. The molecule has 2 rings (SSSR count). The minimum absolute atomic E-state index is 0.0488. The first-order chi connectivity index (χ1) is 7.65. The number of nitrogens with one attached hydrogen (secondary N) is 1. The van der Waals surface area contributed by atoms with Gasteiger partial charge in [0.2, 0.25) is 5.91 Å². The molecule has 0 atom stereocenters. The van der Waals surface area contributed by atoms with Crippen molar-refractivity contribution >= 4 is 17.6 Å². The van der Waals surface area contributed by atoms with Gasteiger partial charge in [0.1, 0.15) is 0 Å². The van der Waals surface area contributed by atoms with Crippen molar-refractivity contribution in [3.63, 3.8) is 0 Å². The third-order valence-corrected chi connectivity index (χ3v) is 2.52. The molecule has 0 aliphatic heterocycles. The Balaban J connectivity index is 1.95. The second-order valence-electron chi connectivity index (χ2n) is 4.01. The average Bonchev–Trinajstić information content (AvgIpc) is 3.03. The molecule has 0 aromatic heterocycles. The monoisotopic (exact) mass is 218 g/mol. The molecule has 1 fully saturated rings. The number of carbonyl (C=O) groups is 2. The fourth-order valence-corrected chi connectivity index (χ4v) is 1.46. The lowest BCUT2D eigenvalue weighted by Crippen LogP contribution is -2.24. The fourth-order valence-electron chi connectivity index (χ4n) is 1.46. The van der Waals surface area contributed by atoms with Crippen molar-refractivity contribution < 1.29 is 14.7 Å². The number of rotatable bonds is 4. The van der Waals surface area contributed by atoms with Crippen molar-refractivity contribution in [1.29, 1.82) is 0 Å². The summed E-state index contributed by atoms with van der Waals surface area (Å²) >= 11 is 0. The molecule has 1 N–H and O–H groups in total. The maximum atomic E-state index is 11.4. The quantitative estimate of drug-likeness (QED) is 0.791. The number of carboxylic acids is 1. The Morgan fingerprint density at radius 2 is 1.88 bits per heavy atom. The first-order valence-electron chi connectivity index (χ1n) is 5.25. The summed E-state index contributed by atoms with van der Waals surface area (Å²) in [6.45, 7) is 0. The van der Waals surface area contributed by atoms with Gasteiger partial charge in [0.25, 0.3) is 0 Å². The van der Waals surface area contributed by atoms with Crippen LogP contribution >= 0.6 is 0 Å². The normalized spacial score (nSPS) is 14.5. The first kappa shape index (κ1) is 10.7. The highest BCUT2D eigenvalue weighted by Gasteiger charge is 2.29. The smallest absolute Gasteiger partial charge is 0.227 e. The van der Waals surface area contributed by atoms with E-state index in [0.717, 1.165) is 12.8 Å². The van der Waals surface area contributed by atoms with Gasteiger partial charge >= 0.3 is 0 Å². The minimum atomic E-state index is -1.10. The van der Waals surface area contributed by atoms with Crippen LogP contribution in [0.15, 0.2) is 24.3 Å². The topological polar surface area (TPSA) is 69.2 Å². The largest absolute Gasteiger partial charge is 0.550 e. The van der Waals surface area contributed by atoms with Crippen LogP contribution in [0.2, 0.25) is 0 Å². The van der Waals surface area contributed by atoms with E-state index in [-0.39, 0.29) is 18.2 Å². The Hall–Kier alpha value is -1.84. The highest BCUT2D eigenvalue weighted by molar-refractivity contribution is 5.94. The molecule has 1 aromatic rings. The number of amides is 1. The molecule has 1 aromatic carbocycles. The summed E-state index contributed by atoms with van der Waals surface area (Å²) in [6, 6.07) is 6.77. The van der Waals surface area contributed by atoms with E-state index in [1.54, 1.807) is 24.3 Å². The van der Waals surface area contributed by atoms with Crippen molar-refractivity contribution in [2.24, 2.45) is 5.92 Å². The lowest BCUT2D eigenvalue weighted by molar-refractivity contribution is -0.304. The molecule has 1 amide bonds. The summed E-state index contributed by atoms with van der Waals surface area (Å²) in [6.07, 6.45) is 1.83. The Bertz CT molecular complexity index is 407. The van der Waals surface area contributed by atoms with E-state index in [4.69, 9.17) is 0 Å². The summed E-state index contributed by atoms with van der Waals surface area (Å²) in [4.78, 5) is 21.8. The number of hydrogen-bond donors (Lipinski definition) is 1. The van der Waals surface area contributed by atoms with Crippen LogP contribution in [0.4, 0.5) is 5.69 Å². The van der Waals surface area contributed by atoms with Crippen LogP contribution in [0.25, 0.3) is 0 Å². The highest BCUT2D eigenvalue weighted by Crippen LogP contribution is 2.30. The van der Waals surface area contributed by atoms with Gasteiger partial charge in [-0.2, -0.15) is 0 Å². The van der Waals surface area contributed by atoms with Gasteiger partial charge in [-0.05, 0) is 30.5 Å². The van der Waals surface area contributed by atoms with Gasteiger partial charge in [0.15, 0.2) is 0 Å². The second kappa shape index (κ2) is 4.35. The fraction of sp³-hybridized carbons (Fsp3) is 0.333. The Kier molecular flexibility index (Phi) is 2.90. The van der Waals surface area contributed by atoms with E-state index in [0.29, 0.717) is 11.3 Å². The Labute approximate surface area is 93.3 Å². The first-order valence-corrected chi connectivity index (χ1v) is 5.25. The van der Waals surface area contributed by atoms with Gasteiger partial charge in [-0.25, -0.2) is 0 Å². The molecule has 4 heteroatoms. The molecule has 1 aliphatic rings. The van der Waals surface area contributed by atoms with E-state index in [1.165, 1.54) is 0 Å². The third kappa shape index (κ3) is 2.82. The van der Waals surface area contributed by atoms with Crippen LogP contribution in [0, 0.1) is 5.92 Å². The molecule has 4 nitrogen and oxygen atoms in total. The van der Waals surface area contributed by atoms with Crippen LogP contribution in [0.1, 0.15) is 18.4 Å². The Morgan fingerprint density at radius 3 is 2.38 bits per heavy atom. The van der Waals surface area contributed by atoms with Crippen LogP contribution in [0.5, 0.6) is 0 Å². The number of aliphatic carboxylic acids is 1. The lowest BCUT2D eigenvalue weighted by Gasteiger charge is -2.06. The van der Waals surface area contributed by atoms with Crippen molar-refractivity contribution in [3.05, 3.63) is 29.8 Å². The summed E-state index contributed by atoms with van der Waals surface area (Å²) < 4.78 is 0. The molecule has 84 valence electrons. The third-order valence-electron chi connectivity index (χ3n) is 2.52. The van der Waals surface area contributed by atoms with Crippen molar-refractivity contribution in [2.45, 2.75) is 19.3 Å². The number of carbonyl (C=O) groups excluding carboxylic acids is 2. The van der Waals surface area contributed by atoms with E-state index >= 15 is 0 Å². The molecule has 0 spiro atoms. The van der Waals surface area contributed by atoms with Gasteiger partial charge in [-0.1, -0.05) is 12.1 Å². The molecular formula is C12H12NO3-. The van der Waals surface area contributed by atoms with Crippen molar-refractivity contribution in [1.82, 2.24) is 0 Å². The zero-order valence-electron chi connectivity index (χ0n) is 8.73. The van der Waals surface area contributed by atoms with Crippen LogP contribution in [-0.4, -0.2) is 11.9 Å². The predicted molar refractivity (Wildman–Crippen MR) is 56.5 cm³/mol. The lowest BCUT2D eigenvalue weighted by atomic mass is 10.1. The molecule has 0 radical (unpaired) electrons. The summed E-state index contributed by atoms with van der Waals surface area (Å²) in [5.41, 5.74) is 1.38. The highest BCUT2D eigenvalue weighted by atomic mass is 16.4.